The molecule has 0 aromatic heterocycles. The molecule has 2 fully saturated rings. The third kappa shape index (κ3) is 2.93. The van der Waals surface area contributed by atoms with Gasteiger partial charge in [0.1, 0.15) is 0 Å². The van der Waals surface area contributed by atoms with Crippen LogP contribution in [0.25, 0.3) is 0 Å². The van der Waals surface area contributed by atoms with Crippen LogP contribution in [0.4, 0.5) is 0 Å². The van der Waals surface area contributed by atoms with Gasteiger partial charge in [-0.05, 0) is 26.7 Å². The van der Waals surface area contributed by atoms with Gasteiger partial charge in [0, 0.05) is 13.1 Å². The molecule has 0 spiro atoms. The van der Waals surface area contributed by atoms with E-state index in [1.165, 1.54) is 4.31 Å². The van der Waals surface area contributed by atoms with Crippen LogP contribution in [-0.4, -0.2) is 54.3 Å². The minimum Gasteiger partial charge on any atom is -0.481 e. The van der Waals surface area contributed by atoms with Gasteiger partial charge in [-0.15, -0.1) is 0 Å². The van der Waals surface area contributed by atoms with Crippen LogP contribution in [0.15, 0.2) is 0 Å². The predicted octanol–water partition coefficient (Wildman–Crippen LogP) is 0.679. The quantitative estimate of drug-likeness (QED) is 0.826. The third-order valence-electron chi connectivity index (χ3n) is 3.90. The first-order valence-electron chi connectivity index (χ1n) is 6.69. The summed E-state index contributed by atoms with van der Waals surface area (Å²) in [6, 6.07) is 0. The lowest BCUT2D eigenvalue weighted by molar-refractivity contribution is -0.141. The molecule has 1 aliphatic heterocycles. The zero-order valence-electron chi connectivity index (χ0n) is 11.3. The molecule has 0 aromatic rings. The summed E-state index contributed by atoms with van der Waals surface area (Å²) >= 11 is 0. The molecule has 1 N–H and O–H groups in total. The van der Waals surface area contributed by atoms with E-state index in [2.05, 4.69) is 0 Å². The number of carboxylic acids is 1. The van der Waals surface area contributed by atoms with E-state index >= 15 is 0 Å². The number of hydrogen-bond acceptors (Lipinski definition) is 4. The number of sulfonamides is 1. The highest BCUT2D eigenvalue weighted by atomic mass is 32.2. The second-order valence-electron chi connectivity index (χ2n) is 5.53. The average Bonchev–Trinajstić information content (AvgIpc) is 2.76. The molecule has 7 heteroatoms. The van der Waals surface area contributed by atoms with E-state index in [0.717, 1.165) is 0 Å². The van der Waals surface area contributed by atoms with Gasteiger partial charge >= 0.3 is 5.97 Å². The normalized spacial score (nSPS) is 37.4. The summed E-state index contributed by atoms with van der Waals surface area (Å²) in [4.78, 5) is 11.2. The first-order chi connectivity index (χ1) is 8.82. The largest absolute Gasteiger partial charge is 0.481 e. The number of rotatable bonds is 3. The highest BCUT2D eigenvalue weighted by molar-refractivity contribution is 7.89. The summed E-state index contributed by atoms with van der Waals surface area (Å²) in [5, 5.41) is 8.37. The Labute approximate surface area is 113 Å². The molecule has 1 saturated carbocycles. The fourth-order valence-corrected chi connectivity index (χ4v) is 5.45. The topological polar surface area (TPSA) is 83.9 Å². The number of carbonyl (C=O) groups is 1. The van der Waals surface area contributed by atoms with Crippen molar-refractivity contribution in [1.29, 1.82) is 0 Å². The second-order valence-corrected chi connectivity index (χ2v) is 7.69. The maximum absolute atomic E-state index is 12.6. The van der Waals surface area contributed by atoms with E-state index in [1.807, 2.05) is 13.8 Å². The van der Waals surface area contributed by atoms with Crippen LogP contribution in [0.5, 0.6) is 0 Å². The molecular formula is C12H21NO5S. The van der Waals surface area contributed by atoms with Crippen molar-refractivity contribution < 1.29 is 23.1 Å². The lowest BCUT2D eigenvalue weighted by Gasteiger charge is -2.36. The van der Waals surface area contributed by atoms with Gasteiger partial charge in [0.2, 0.25) is 10.0 Å². The van der Waals surface area contributed by atoms with Crippen molar-refractivity contribution in [2.24, 2.45) is 5.92 Å². The molecule has 4 atom stereocenters. The fourth-order valence-electron chi connectivity index (χ4n) is 3.10. The second kappa shape index (κ2) is 5.38. The van der Waals surface area contributed by atoms with Crippen molar-refractivity contribution in [2.75, 3.05) is 13.1 Å². The predicted molar refractivity (Wildman–Crippen MR) is 69.3 cm³/mol. The highest BCUT2D eigenvalue weighted by Crippen LogP contribution is 2.34. The zero-order valence-corrected chi connectivity index (χ0v) is 12.1. The first kappa shape index (κ1) is 14.7. The highest BCUT2D eigenvalue weighted by Gasteiger charge is 2.45. The molecule has 1 saturated heterocycles. The summed E-state index contributed by atoms with van der Waals surface area (Å²) in [6.07, 6.45) is 1.26. The van der Waals surface area contributed by atoms with Crippen LogP contribution >= 0.6 is 0 Å². The standard InChI is InChI=1S/C12H21NO5S/c1-8-6-13(7-9(2)18-8)19(16,17)11-5-3-4-10(11)12(14)15/h8-11H,3-7H2,1-2H3,(H,14,15)/t8-,9+,10?,11?. The Morgan fingerprint density at radius 1 is 1.21 bits per heavy atom. The molecule has 0 aromatic carbocycles. The van der Waals surface area contributed by atoms with Crippen molar-refractivity contribution in [3.63, 3.8) is 0 Å². The summed E-state index contributed by atoms with van der Waals surface area (Å²) in [7, 11) is -3.55. The van der Waals surface area contributed by atoms with Crippen LogP contribution in [-0.2, 0) is 19.6 Å². The van der Waals surface area contributed by atoms with Crippen LogP contribution in [0, 0.1) is 5.92 Å². The summed E-state index contributed by atoms with van der Waals surface area (Å²) in [5.41, 5.74) is 0. The maximum Gasteiger partial charge on any atom is 0.307 e. The Morgan fingerprint density at radius 3 is 2.32 bits per heavy atom. The van der Waals surface area contributed by atoms with Gasteiger partial charge in [0.25, 0.3) is 0 Å². The van der Waals surface area contributed by atoms with E-state index in [0.29, 0.717) is 32.4 Å². The fraction of sp³-hybridized carbons (Fsp3) is 0.917. The number of ether oxygens (including phenoxy) is 1. The van der Waals surface area contributed by atoms with Crippen LogP contribution in [0.2, 0.25) is 0 Å². The van der Waals surface area contributed by atoms with Crippen LogP contribution in [0.1, 0.15) is 33.1 Å². The molecule has 2 aliphatic rings. The SMILES string of the molecule is C[C@@H]1CN(S(=O)(=O)C2CCCC2C(=O)O)C[C@H](C)O1. The number of hydrogen-bond donors (Lipinski definition) is 1. The summed E-state index contributed by atoms with van der Waals surface area (Å²) in [6.45, 7) is 4.30. The molecule has 0 amide bonds. The molecule has 1 aliphatic carbocycles. The molecule has 0 bridgehead atoms. The van der Waals surface area contributed by atoms with Gasteiger partial charge < -0.3 is 9.84 Å². The van der Waals surface area contributed by atoms with Gasteiger partial charge in [-0.1, -0.05) is 6.42 Å². The third-order valence-corrected chi connectivity index (χ3v) is 6.25. The number of morpholine rings is 1. The monoisotopic (exact) mass is 291 g/mol. The Balaban J connectivity index is 2.19. The molecular weight excluding hydrogens is 270 g/mol. The van der Waals surface area contributed by atoms with E-state index < -0.39 is 27.2 Å². The van der Waals surface area contributed by atoms with Crippen LogP contribution < -0.4 is 0 Å². The summed E-state index contributed by atoms with van der Waals surface area (Å²) in [5.74, 6) is -1.76. The van der Waals surface area contributed by atoms with E-state index in [-0.39, 0.29) is 12.2 Å². The molecule has 19 heavy (non-hydrogen) atoms. The average molecular weight is 291 g/mol. The molecule has 2 unspecified atom stereocenters. The maximum atomic E-state index is 12.6. The summed E-state index contributed by atoms with van der Waals surface area (Å²) < 4.78 is 32.1. The Hall–Kier alpha value is -0.660. The van der Waals surface area contributed by atoms with E-state index in [9.17, 15) is 13.2 Å². The Bertz CT molecular complexity index is 439. The van der Waals surface area contributed by atoms with E-state index in [4.69, 9.17) is 9.84 Å². The smallest absolute Gasteiger partial charge is 0.307 e. The molecule has 1 heterocycles. The van der Waals surface area contributed by atoms with Crippen molar-refractivity contribution in [2.45, 2.75) is 50.6 Å². The molecule has 2 rings (SSSR count). The van der Waals surface area contributed by atoms with Crippen LogP contribution in [0.3, 0.4) is 0 Å². The van der Waals surface area contributed by atoms with Crippen molar-refractivity contribution >= 4 is 16.0 Å². The van der Waals surface area contributed by atoms with Gasteiger partial charge in [-0.3, -0.25) is 4.79 Å². The van der Waals surface area contributed by atoms with E-state index in [1.54, 1.807) is 0 Å². The van der Waals surface area contributed by atoms with Gasteiger partial charge in [-0.2, -0.15) is 4.31 Å². The number of nitrogens with zero attached hydrogens (tertiary/aromatic N) is 1. The molecule has 110 valence electrons. The minimum atomic E-state index is -3.55. The lowest BCUT2D eigenvalue weighted by atomic mass is 10.1. The van der Waals surface area contributed by atoms with Gasteiger partial charge in [0.15, 0.2) is 0 Å². The molecule has 6 nitrogen and oxygen atoms in total. The Morgan fingerprint density at radius 2 is 1.79 bits per heavy atom. The van der Waals surface area contributed by atoms with Crippen molar-refractivity contribution in [3.05, 3.63) is 0 Å². The van der Waals surface area contributed by atoms with Crippen molar-refractivity contribution in [3.8, 4) is 0 Å². The van der Waals surface area contributed by atoms with Gasteiger partial charge in [0.05, 0.1) is 23.4 Å². The van der Waals surface area contributed by atoms with Gasteiger partial charge in [-0.25, -0.2) is 8.42 Å². The lowest BCUT2D eigenvalue weighted by Crippen LogP contribution is -2.52. The molecule has 0 radical (unpaired) electrons. The first-order valence-corrected chi connectivity index (χ1v) is 8.20. The number of carboxylic acid groups (broad SMARTS) is 1. The number of aliphatic carboxylic acids is 1. The minimum absolute atomic E-state index is 0.150. The Kier molecular flexibility index (Phi) is 4.17. The van der Waals surface area contributed by atoms with Crippen molar-refractivity contribution in [1.82, 2.24) is 4.31 Å². The zero-order chi connectivity index (χ0) is 14.2.